The Hall–Kier alpha value is -2.07. The zero-order chi connectivity index (χ0) is 13.2. The molecule has 96 valence electrons. The lowest BCUT2D eigenvalue weighted by Gasteiger charge is -2.09. The summed E-state index contributed by atoms with van der Waals surface area (Å²) < 4.78 is 0. The molecule has 0 spiro atoms. The monoisotopic (exact) mass is 269 g/mol. The van der Waals surface area contributed by atoms with Crippen LogP contribution in [-0.2, 0) is 6.54 Å². The normalized spacial score (nSPS) is 10.8. The van der Waals surface area contributed by atoms with Gasteiger partial charge >= 0.3 is 0 Å². The number of aromatic nitrogens is 1. The number of nitrogens with two attached hydrogens (primary N) is 1. The molecule has 2 heterocycles. The van der Waals surface area contributed by atoms with E-state index in [0.29, 0.717) is 0 Å². The maximum Gasteiger partial charge on any atom is 0.0953 e. The standard InChI is InChI=1S/C15H15N3S/c1-10-4-5-11(19-10)9-18-14-7-6-13(16)12-3-2-8-17-15(12)14/h2-8,18H,9,16H2,1H3. The van der Waals surface area contributed by atoms with E-state index in [-0.39, 0.29) is 0 Å². The lowest BCUT2D eigenvalue weighted by molar-refractivity contribution is 1.19. The van der Waals surface area contributed by atoms with Crippen molar-refractivity contribution in [2.45, 2.75) is 13.5 Å². The van der Waals surface area contributed by atoms with E-state index in [1.807, 2.05) is 35.6 Å². The second-order valence-electron chi connectivity index (χ2n) is 4.47. The van der Waals surface area contributed by atoms with Gasteiger partial charge in [-0.15, -0.1) is 11.3 Å². The van der Waals surface area contributed by atoms with Gasteiger partial charge in [0.15, 0.2) is 0 Å². The maximum atomic E-state index is 5.97. The first kappa shape index (κ1) is 12.0. The molecule has 0 saturated heterocycles. The van der Waals surface area contributed by atoms with Gasteiger partial charge < -0.3 is 11.1 Å². The largest absolute Gasteiger partial charge is 0.398 e. The summed E-state index contributed by atoms with van der Waals surface area (Å²) in [5.74, 6) is 0. The summed E-state index contributed by atoms with van der Waals surface area (Å²) in [5, 5.41) is 4.43. The fourth-order valence-corrected chi connectivity index (χ4v) is 2.93. The summed E-state index contributed by atoms with van der Waals surface area (Å²) in [7, 11) is 0. The molecule has 3 rings (SSSR count). The molecule has 0 aliphatic rings. The average molecular weight is 269 g/mol. The quantitative estimate of drug-likeness (QED) is 0.711. The number of fused-ring (bicyclic) bond motifs is 1. The average Bonchev–Trinajstić information content (AvgIpc) is 2.84. The fourth-order valence-electron chi connectivity index (χ4n) is 2.10. The van der Waals surface area contributed by atoms with Crippen molar-refractivity contribution in [2.75, 3.05) is 11.1 Å². The smallest absolute Gasteiger partial charge is 0.0953 e. The Kier molecular flexibility index (Phi) is 3.09. The minimum atomic E-state index is 0.764. The third kappa shape index (κ3) is 2.39. The van der Waals surface area contributed by atoms with E-state index in [9.17, 15) is 0 Å². The molecule has 3 aromatic rings. The summed E-state index contributed by atoms with van der Waals surface area (Å²) in [6.07, 6.45) is 1.79. The van der Waals surface area contributed by atoms with Crippen LogP contribution in [0.5, 0.6) is 0 Å². The van der Waals surface area contributed by atoms with E-state index in [1.54, 1.807) is 6.20 Å². The van der Waals surface area contributed by atoms with Gasteiger partial charge in [-0.05, 0) is 43.3 Å². The summed E-state index contributed by atoms with van der Waals surface area (Å²) in [4.78, 5) is 7.07. The molecule has 0 unspecified atom stereocenters. The minimum Gasteiger partial charge on any atom is -0.398 e. The highest BCUT2D eigenvalue weighted by atomic mass is 32.1. The van der Waals surface area contributed by atoms with Gasteiger partial charge in [-0.3, -0.25) is 4.98 Å². The van der Waals surface area contributed by atoms with Crippen LogP contribution in [0.2, 0.25) is 0 Å². The Morgan fingerprint density at radius 3 is 2.89 bits per heavy atom. The van der Waals surface area contributed by atoms with Gasteiger partial charge in [0.2, 0.25) is 0 Å². The number of nitrogen functional groups attached to an aromatic ring is 1. The number of hydrogen-bond acceptors (Lipinski definition) is 4. The van der Waals surface area contributed by atoms with Crippen LogP contribution in [0.15, 0.2) is 42.6 Å². The Balaban J connectivity index is 1.91. The van der Waals surface area contributed by atoms with Crippen molar-refractivity contribution < 1.29 is 0 Å². The van der Waals surface area contributed by atoms with E-state index >= 15 is 0 Å². The van der Waals surface area contributed by atoms with Gasteiger partial charge in [-0.1, -0.05) is 0 Å². The van der Waals surface area contributed by atoms with Gasteiger partial charge in [0.25, 0.3) is 0 Å². The van der Waals surface area contributed by atoms with Gasteiger partial charge in [-0.25, -0.2) is 0 Å². The fraction of sp³-hybridized carbons (Fsp3) is 0.133. The molecule has 19 heavy (non-hydrogen) atoms. The Bertz CT molecular complexity index is 718. The third-order valence-corrected chi connectivity index (χ3v) is 4.05. The SMILES string of the molecule is Cc1ccc(CNc2ccc(N)c3cccnc23)s1. The van der Waals surface area contributed by atoms with Crippen LogP contribution in [0.1, 0.15) is 9.75 Å². The van der Waals surface area contributed by atoms with E-state index < -0.39 is 0 Å². The number of benzene rings is 1. The van der Waals surface area contributed by atoms with E-state index in [0.717, 1.165) is 28.8 Å². The highest BCUT2D eigenvalue weighted by Crippen LogP contribution is 2.27. The molecular weight excluding hydrogens is 254 g/mol. The lowest BCUT2D eigenvalue weighted by atomic mass is 10.1. The second-order valence-corrected chi connectivity index (χ2v) is 5.84. The first-order chi connectivity index (χ1) is 9.24. The topological polar surface area (TPSA) is 50.9 Å². The molecule has 3 nitrogen and oxygen atoms in total. The van der Waals surface area contributed by atoms with Gasteiger partial charge in [0.05, 0.1) is 11.2 Å². The molecule has 0 fully saturated rings. The Labute approximate surface area is 116 Å². The van der Waals surface area contributed by atoms with Crippen molar-refractivity contribution in [2.24, 2.45) is 0 Å². The van der Waals surface area contributed by atoms with Gasteiger partial charge in [0.1, 0.15) is 0 Å². The molecular formula is C15H15N3S. The molecule has 4 heteroatoms. The summed E-state index contributed by atoms with van der Waals surface area (Å²) in [6.45, 7) is 2.93. The Morgan fingerprint density at radius 1 is 1.21 bits per heavy atom. The van der Waals surface area contributed by atoms with Crippen molar-refractivity contribution >= 4 is 33.6 Å². The van der Waals surface area contributed by atoms with Gasteiger partial charge in [0, 0.05) is 33.6 Å². The molecule has 0 amide bonds. The minimum absolute atomic E-state index is 0.764. The van der Waals surface area contributed by atoms with Crippen LogP contribution in [-0.4, -0.2) is 4.98 Å². The maximum absolute atomic E-state index is 5.97. The summed E-state index contributed by atoms with van der Waals surface area (Å²) in [6, 6.07) is 12.1. The molecule has 0 radical (unpaired) electrons. The van der Waals surface area contributed by atoms with Crippen molar-refractivity contribution in [3.05, 3.63) is 52.3 Å². The number of nitrogens with one attached hydrogen (secondary N) is 1. The number of rotatable bonds is 3. The molecule has 2 aromatic heterocycles. The van der Waals surface area contributed by atoms with Crippen LogP contribution in [0.4, 0.5) is 11.4 Å². The van der Waals surface area contributed by atoms with E-state index in [4.69, 9.17) is 5.73 Å². The van der Waals surface area contributed by atoms with Gasteiger partial charge in [-0.2, -0.15) is 0 Å². The predicted octanol–water partition coefficient (Wildman–Crippen LogP) is 3.80. The van der Waals surface area contributed by atoms with Crippen LogP contribution in [0.3, 0.4) is 0 Å². The highest BCUT2D eigenvalue weighted by Gasteiger charge is 2.05. The third-order valence-electron chi connectivity index (χ3n) is 3.05. The molecule has 0 bridgehead atoms. The number of nitrogens with zero attached hydrogens (tertiary/aromatic N) is 1. The molecule has 0 atom stereocenters. The number of pyridine rings is 1. The first-order valence-corrected chi connectivity index (χ1v) is 6.98. The summed E-state index contributed by atoms with van der Waals surface area (Å²) >= 11 is 1.81. The molecule has 0 aliphatic heterocycles. The van der Waals surface area contributed by atoms with E-state index in [2.05, 4.69) is 29.4 Å². The van der Waals surface area contributed by atoms with Crippen LogP contribution in [0, 0.1) is 6.92 Å². The van der Waals surface area contributed by atoms with Crippen LogP contribution >= 0.6 is 11.3 Å². The second kappa shape index (κ2) is 4.90. The highest BCUT2D eigenvalue weighted by molar-refractivity contribution is 7.11. The Morgan fingerprint density at radius 2 is 2.11 bits per heavy atom. The van der Waals surface area contributed by atoms with E-state index in [1.165, 1.54) is 9.75 Å². The van der Waals surface area contributed by atoms with Crippen molar-refractivity contribution in [1.29, 1.82) is 0 Å². The summed E-state index contributed by atoms with van der Waals surface area (Å²) in [5.41, 5.74) is 8.69. The zero-order valence-corrected chi connectivity index (χ0v) is 11.5. The number of hydrogen-bond donors (Lipinski definition) is 2. The zero-order valence-electron chi connectivity index (χ0n) is 10.7. The van der Waals surface area contributed by atoms with Crippen LogP contribution in [0.25, 0.3) is 10.9 Å². The first-order valence-electron chi connectivity index (χ1n) is 6.16. The lowest BCUT2D eigenvalue weighted by Crippen LogP contribution is -2.00. The number of anilines is 2. The molecule has 0 aliphatic carbocycles. The van der Waals surface area contributed by atoms with Crippen molar-refractivity contribution in [3.8, 4) is 0 Å². The molecule has 0 saturated carbocycles. The number of aryl methyl sites for hydroxylation is 1. The van der Waals surface area contributed by atoms with Crippen LogP contribution < -0.4 is 11.1 Å². The molecule has 3 N–H and O–H groups in total. The van der Waals surface area contributed by atoms with Crippen molar-refractivity contribution in [3.63, 3.8) is 0 Å². The number of thiophene rings is 1. The van der Waals surface area contributed by atoms with Crippen molar-refractivity contribution in [1.82, 2.24) is 4.98 Å². The predicted molar refractivity (Wildman–Crippen MR) is 82.5 cm³/mol. The molecule has 1 aromatic carbocycles.